The van der Waals surface area contributed by atoms with Crippen molar-refractivity contribution in [3.8, 4) is 11.5 Å². The van der Waals surface area contributed by atoms with E-state index in [9.17, 15) is 5.11 Å². The smallest absolute Gasteiger partial charge is 0.166 e. The molecule has 4 bridgehead atoms. The summed E-state index contributed by atoms with van der Waals surface area (Å²) in [6, 6.07) is 2.58. The van der Waals surface area contributed by atoms with Crippen molar-refractivity contribution in [3.05, 3.63) is 21.7 Å². The largest absolute Gasteiger partial charge is 0.493 e. The fourth-order valence-electron chi connectivity index (χ4n) is 9.76. The lowest BCUT2D eigenvalue weighted by Gasteiger charge is -2.75. The highest BCUT2D eigenvalue weighted by molar-refractivity contribution is 9.10. The summed E-state index contributed by atoms with van der Waals surface area (Å²) in [5.74, 6) is 2.62. The third-order valence-corrected chi connectivity index (χ3v) is 12.8. The predicted octanol–water partition coefficient (Wildman–Crippen LogP) is 5.48. The average Bonchev–Trinajstić information content (AvgIpc) is 3.58. The van der Waals surface area contributed by atoms with Crippen molar-refractivity contribution in [2.45, 2.75) is 101 Å². The van der Waals surface area contributed by atoms with Crippen LogP contribution in [0.3, 0.4) is 0 Å². The predicted molar refractivity (Wildman–Crippen MR) is 143 cm³/mol. The molecule has 5 fully saturated rings. The van der Waals surface area contributed by atoms with Gasteiger partial charge in [-0.2, -0.15) is 0 Å². The highest BCUT2D eigenvalue weighted by atomic mass is 79.9. The van der Waals surface area contributed by atoms with Crippen LogP contribution in [0.4, 0.5) is 0 Å². The molecule has 8 rings (SSSR count). The van der Waals surface area contributed by atoms with Crippen LogP contribution in [0.5, 0.6) is 11.5 Å². The second-order valence-corrected chi connectivity index (χ2v) is 14.9. The summed E-state index contributed by atoms with van der Waals surface area (Å²) >= 11 is 3.96. The van der Waals surface area contributed by atoms with Crippen molar-refractivity contribution in [2.24, 2.45) is 22.7 Å². The summed E-state index contributed by atoms with van der Waals surface area (Å²) in [5.41, 5.74) is 1.08. The molecule has 5 nitrogen and oxygen atoms in total. The molecule has 1 saturated heterocycles. The van der Waals surface area contributed by atoms with Crippen molar-refractivity contribution in [2.75, 3.05) is 27.3 Å². The third kappa shape index (κ3) is 2.59. The number of aliphatic hydroxyl groups is 1. The average molecular weight is 561 g/mol. The van der Waals surface area contributed by atoms with E-state index < -0.39 is 11.2 Å². The maximum atomic E-state index is 12.3. The molecular formula is C30H42BrNO4. The first-order chi connectivity index (χ1) is 17.0. The van der Waals surface area contributed by atoms with Crippen molar-refractivity contribution in [1.29, 1.82) is 0 Å². The van der Waals surface area contributed by atoms with Crippen LogP contribution in [0.1, 0.15) is 77.3 Å². The van der Waals surface area contributed by atoms with Gasteiger partial charge in [0.15, 0.2) is 11.5 Å². The zero-order valence-electron chi connectivity index (χ0n) is 22.7. The van der Waals surface area contributed by atoms with E-state index in [1.165, 1.54) is 30.5 Å². The molecule has 2 spiro atoms. The lowest BCUT2D eigenvalue weighted by atomic mass is 9.33. The van der Waals surface area contributed by atoms with Crippen LogP contribution in [-0.2, 0) is 16.6 Å². The Morgan fingerprint density at radius 3 is 2.56 bits per heavy atom. The number of nitrogens with zero attached hydrogens (tertiary/aromatic N) is 1. The lowest BCUT2D eigenvalue weighted by Crippen LogP contribution is -2.83. The molecule has 198 valence electrons. The number of ether oxygens (including phenoxy) is 3. The van der Waals surface area contributed by atoms with Gasteiger partial charge in [-0.15, -0.1) is 0 Å². The Morgan fingerprint density at radius 1 is 1.17 bits per heavy atom. The normalized spacial score (nSPS) is 42.1. The number of hydrogen-bond acceptors (Lipinski definition) is 5. The van der Waals surface area contributed by atoms with Gasteiger partial charge in [-0.25, -0.2) is 0 Å². The van der Waals surface area contributed by atoms with Gasteiger partial charge in [0.25, 0.3) is 0 Å². The van der Waals surface area contributed by atoms with E-state index >= 15 is 0 Å². The number of fused-ring (bicyclic) bond motifs is 2. The second kappa shape index (κ2) is 7.22. The quantitative estimate of drug-likeness (QED) is 0.517. The molecule has 0 unspecified atom stereocenters. The molecule has 7 atom stereocenters. The number of likely N-dealkylation sites (tertiary alicyclic amines) is 1. The Hall–Kier alpha value is -0.820. The standard InChI is InChI=1S/C30H42BrNO4/c1-26(2,3)27(4,33)21-15-28-9-10-30(21,35-6)25-29(28)11-12-32(16-17-7-8-17)22(28)13-18-19(31)14-20(34-5)24(36-25)23(18)29/h14,17,21-22,25,33H,7-13,15-16H2,1-6H3/t21-,22-,25-,27+,28-,29+,30-/m1/s1. The van der Waals surface area contributed by atoms with Crippen LogP contribution in [0.2, 0.25) is 0 Å². The molecule has 0 amide bonds. The number of piperidine rings is 1. The maximum Gasteiger partial charge on any atom is 0.166 e. The summed E-state index contributed by atoms with van der Waals surface area (Å²) in [6.45, 7) is 10.9. The molecule has 4 saturated carbocycles. The number of methoxy groups -OCH3 is 2. The molecule has 6 heteroatoms. The highest BCUT2D eigenvalue weighted by Crippen LogP contribution is 2.78. The van der Waals surface area contributed by atoms with E-state index in [1.54, 1.807) is 7.11 Å². The molecule has 1 aromatic carbocycles. The molecule has 36 heavy (non-hydrogen) atoms. The van der Waals surface area contributed by atoms with Crippen LogP contribution >= 0.6 is 15.9 Å². The molecule has 5 aliphatic carbocycles. The van der Waals surface area contributed by atoms with Crippen molar-refractivity contribution in [3.63, 3.8) is 0 Å². The number of benzene rings is 1. The summed E-state index contributed by atoms with van der Waals surface area (Å²) in [4.78, 5) is 2.85. The first-order valence-corrected chi connectivity index (χ1v) is 14.8. The van der Waals surface area contributed by atoms with Crippen molar-refractivity contribution >= 4 is 15.9 Å². The van der Waals surface area contributed by atoms with Crippen LogP contribution in [-0.4, -0.2) is 60.7 Å². The van der Waals surface area contributed by atoms with E-state index in [4.69, 9.17) is 14.2 Å². The van der Waals surface area contributed by atoms with E-state index in [2.05, 4.69) is 54.6 Å². The minimum Gasteiger partial charge on any atom is -0.493 e. The minimum absolute atomic E-state index is 0.00412. The molecular weight excluding hydrogens is 518 g/mol. The van der Waals surface area contributed by atoms with Crippen molar-refractivity contribution < 1.29 is 19.3 Å². The van der Waals surface area contributed by atoms with Gasteiger partial charge in [-0.1, -0.05) is 36.7 Å². The zero-order valence-corrected chi connectivity index (χ0v) is 24.3. The number of halogens is 1. The van der Waals surface area contributed by atoms with Gasteiger partial charge < -0.3 is 19.3 Å². The molecule has 1 N–H and O–H groups in total. The summed E-state index contributed by atoms with van der Waals surface area (Å²) in [5, 5.41) is 12.3. The molecule has 1 aromatic rings. The van der Waals surface area contributed by atoms with Gasteiger partial charge in [-0.3, -0.25) is 4.90 Å². The van der Waals surface area contributed by atoms with Gasteiger partial charge in [0.2, 0.25) is 0 Å². The minimum atomic E-state index is -0.892. The SMILES string of the molecule is COc1cc(Br)c2c3c1O[C@H]1[C@@]4(OC)CC[C@@]5(C[C@@H]4[C@](C)(O)C(C)(C)C)[C@@H](C2)N(CC2CC2)CC[C@]315. The van der Waals surface area contributed by atoms with Crippen molar-refractivity contribution in [1.82, 2.24) is 4.90 Å². The fourth-order valence-corrected chi connectivity index (χ4v) is 10.3. The topological polar surface area (TPSA) is 51.2 Å². The molecule has 7 aliphatic rings. The second-order valence-electron chi connectivity index (χ2n) is 14.1. The molecule has 0 radical (unpaired) electrons. The van der Waals surface area contributed by atoms with Gasteiger partial charge in [-0.05, 0) is 81.4 Å². The van der Waals surface area contributed by atoms with Crippen LogP contribution in [0, 0.1) is 22.7 Å². The monoisotopic (exact) mass is 559 g/mol. The zero-order chi connectivity index (χ0) is 25.5. The number of hydrogen-bond donors (Lipinski definition) is 1. The van der Waals surface area contributed by atoms with E-state index in [-0.39, 0.29) is 28.3 Å². The first kappa shape index (κ1) is 24.2. The molecule has 2 heterocycles. The Labute approximate surface area is 224 Å². The van der Waals surface area contributed by atoms with E-state index in [0.717, 1.165) is 60.5 Å². The third-order valence-electron chi connectivity index (χ3n) is 12.1. The van der Waals surface area contributed by atoms with E-state index in [1.807, 2.05) is 7.11 Å². The Morgan fingerprint density at radius 2 is 1.92 bits per heavy atom. The van der Waals surface area contributed by atoms with Gasteiger partial charge in [0.1, 0.15) is 11.7 Å². The van der Waals surface area contributed by atoms with Gasteiger partial charge in [0.05, 0.1) is 12.7 Å². The maximum absolute atomic E-state index is 12.3. The van der Waals surface area contributed by atoms with Gasteiger partial charge >= 0.3 is 0 Å². The van der Waals surface area contributed by atoms with E-state index in [0.29, 0.717) is 6.04 Å². The summed E-state index contributed by atoms with van der Waals surface area (Å²) in [6.07, 6.45) is 7.84. The fraction of sp³-hybridized carbons (Fsp3) is 0.800. The Bertz CT molecular complexity index is 1120. The molecule has 2 aliphatic heterocycles. The highest BCUT2D eigenvalue weighted by Gasteiger charge is 2.82. The summed E-state index contributed by atoms with van der Waals surface area (Å²) < 4.78 is 20.9. The van der Waals surface area contributed by atoms with Crippen LogP contribution in [0.15, 0.2) is 10.5 Å². The van der Waals surface area contributed by atoms with Crippen LogP contribution in [0.25, 0.3) is 0 Å². The number of rotatable bonds is 5. The van der Waals surface area contributed by atoms with Crippen LogP contribution < -0.4 is 9.47 Å². The van der Waals surface area contributed by atoms with Gasteiger partial charge in [0, 0.05) is 46.5 Å². The summed E-state index contributed by atoms with van der Waals surface area (Å²) in [7, 11) is 3.62. The Kier molecular flexibility index (Phi) is 4.86. The Balaban J connectivity index is 1.49. The first-order valence-electron chi connectivity index (χ1n) is 14.0. The molecule has 0 aromatic heterocycles. The lowest BCUT2D eigenvalue weighted by molar-refractivity contribution is -0.312.